The average molecular weight is 460 g/mol. The molecule has 1 fully saturated rings. The van der Waals surface area contributed by atoms with Gasteiger partial charge >= 0.3 is 12.1 Å². The van der Waals surface area contributed by atoms with Crippen molar-refractivity contribution >= 4 is 23.5 Å². The van der Waals surface area contributed by atoms with Crippen molar-refractivity contribution in [3.05, 3.63) is 59.9 Å². The number of rotatable bonds is 2. The van der Waals surface area contributed by atoms with Gasteiger partial charge in [0.15, 0.2) is 0 Å². The first-order valence-electron chi connectivity index (χ1n) is 9.89. The number of carboxylic acid groups (broad SMARTS) is 1. The Kier molecular flexibility index (Phi) is 6.67. The number of pyridine rings is 1. The molecule has 0 aliphatic carbocycles. The second-order valence-electron chi connectivity index (χ2n) is 7.49. The molecule has 0 unspecified atom stereocenters. The molecule has 0 bridgehead atoms. The van der Waals surface area contributed by atoms with Crippen LogP contribution in [-0.2, 0) is 15.0 Å². The molecule has 1 aromatic heterocycles. The molecule has 4 rings (SSSR count). The minimum Gasteiger partial charge on any atom is -0.475 e. The molecular formula is C22H19F3N4O4. The van der Waals surface area contributed by atoms with E-state index >= 15 is 0 Å². The van der Waals surface area contributed by atoms with E-state index < -0.39 is 17.6 Å². The van der Waals surface area contributed by atoms with Gasteiger partial charge in [-0.2, -0.15) is 18.4 Å². The van der Waals surface area contributed by atoms with Crippen LogP contribution in [0.3, 0.4) is 0 Å². The fourth-order valence-electron chi connectivity index (χ4n) is 4.07. The maximum Gasteiger partial charge on any atom is 0.490 e. The molecule has 2 amide bonds. The van der Waals surface area contributed by atoms with Crippen LogP contribution in [0.15, 0.2) is 48.8 Å². The number of nitriles is 1. The van der Waals surface area contributed by atoms with Gasteiger partial charge in [-0.3, -0.25) is 19.5 Å². The lowest BCUT2D eigenvalue weighted by molar-refractivity contribution is -0.192. The molecule has 33 heavy (non-hydrogen) atoms. The van der Waals surface area contributed by atoms with Crippen molar-refractivity contribution < 1.29 is 32.7 Å². The van der Waals surface area contributed by atoms with Gasteiger partial charge in [-0.15, -0.1) is 0 Å². The minimum absolute atomic E-state index is 0.0197. The molecule has 1 aromatic carbocycles. The summed E-state index contributed by atoms with van der Waals surface area (Å²) in [6, 6.07) is 13.3. The second kappa shape index (κ2) is 9.28. The summed E-state index contributed by atoms with van der Waals surface area (Å²) in [5, 5.41) is 16.2. The number of carboxylic acids is 1. The number of halogens is 3. The van der Waals surface area contributed by atoms with E-state index in [0.29, 0.717) is 31.5 Å². The van der Waals surface area contributed by atoms with Gasteiger partial charge in [0.2, 0.25) is 5.91 Å². The molecule has 0 radical (unpaired) electrons. The maximum absolute atomic E-state index is 13.1. The van der Waals surface area contributed by atoms with E-state index in [-0.39, 0.29) is 18.4 Å². The highest BCUT2D eigenvalue weighted by Gasteiger charge is 2.52. The minimum atomic E-state index is -5.08. The number of piperidine rings is 1. The number of fused-ring (bicyclic) bond motifs is 2. The van der Waals surface area contributed by atoms with Gasteiger partial charge in [0.25, 0.3) is 5.91 Å². The zero-order chi connectivity index (χ0) is 24.2. The van der Waals surface area contributed by atoms with E-state index in [1.807, 2.05) is 24.3 Å². The Morgan fingerprint density at radius 3 is 2.33 bits per heavy atom. The van der Waals surface area contributed by atoms with Crippen LogP contribution in [0.5, 0.6) is 0 Å². The highest BCUT2D eigenvalue weighted by atomic mass is 19.4. The van der Waals surface area contributed by atoms with Crippen molar-refractivity contribution in [2.24, 2.45) is 0 Å². The van der Waals surface area contributed by atoms with Crippen molar-refractivity contribution in [3.8, 4) is 6.07 Å². The van der Waals surface area contributed by atoms with Crippen LogP contribution in [0.4, 0.5) is 18.9 Å². The molecule has 1 N–H and O–H groups in total. The standard InChI is InChI=1S/C20H18N4O2.C2HF3O2/c21-9-13-24-17-6-2-1-5-16(17)20(19(24)26)7-11-23(12-8-20)18(25)15-4-3-10-22-14-15;3-2(4,5)1(6)7/h1-6,10,14H,7-8,11-13H2;(H,6,7). The summed E-state index contributed by atoms with van der Waals surface area (Å²) in [6.45, 7) is 1.07. The van der Waals surface area contributed by atoms with Crippen LogP contribution >= 0.6 is 0 Å². The van der Waals surface area contributed by atoms with E-state index in [1.54, 1.807) is 34.3 Å². The van der Waals surface area contributed by atoms with Crippen LogP contribution in [0.2, 0.25) is 0 Å². The number of nitrogens with zero attached hydrogens (tertiary/aromatic N) is 4. The highest BCUT2D eigenvalue weighted by Crippen LogP contribution is 2.47. The SMILES string of the molecule is N#CCN1C(=O)C2(CCN(C(=O)c3cccnc3)CC2)c2ccccc21.O=C(O)C(F)(F)F. The van der Waals surface area contributed by atoms with Crippen LogP contribution in [0, 0.1) is 11.3 Å². The number of aromatic nitrogens is 1. The number of amides is 2. The van der Waals surface area contributed by atoms with E-state index in [4.69, 9.17) is 15.2 Å². The van der Waals surface area contributed by atoms with Gasteiger partial charge in [0.1, 0.15) is 6.54 Å². The molecule has 2 aliphatic rings. The fraction of sp³-hybridized carbons (Fsp3) is 0.318. The Labute approximate surface area is 186 Å². The van der Waals surface area contributed by atoms with Gasteiger partial charge in [-0.1, -0.05) is 18.2 Å². The molecule has 1 saturated heterocycles. The number of hydrogen-bond acceptors (Lipinski definition) is 5. The average Bonchev–Trinajstić information content (AvgIpc) is 3.03. The number of likely N-dealkylation sites (tertiary alicyclic amines) is 1. The van der Waals surface area contributed by atoms with E-state index in [9.17, 15) is 22.8 Å². The molecule has 0 atom stereocenters. The quantitative estimate of drug-likeness (QED) is 0.690. The molecule has 0 saturated carbocycles. The number of hydrogen-bond donors (Lipinski definition) is 1. The number of carbonyl (C=O) groups excluding carboxylic acids is 2. The number of alkyl halides is 3. The number of para-hydroxylation sites is 1. The molecule has 2 aromatic rings. The Hall–Kier alpha value is -3.94. The molecule has 11 heteroatoms. The highest BCUT2D eigenvalue weighted by molar-refractivity contribution is 6.08. The Bertz CT molecular complexity index is 1090. The summed E-state index contributed by atoms with van der Waals surface area (Å²) in [7, 11) is 0. The monoisotopic (exact) mass is 460 g/mol. The molecule has 172 valence electrons. The lowest BCUT2D eigenvalue weighted by Crippen LogP contribution is -2.50. The zero-order valence-electron chi connectivity index (χ0n) is 17.2. The van der Waals surface area contributed by atoms with Crippen molar-refractivity contribution in [1.82, 2.24) is 9.88 Å². The number of carbonyl (C=O) groups is 3. The molecule has 3 heterocycles. The first kappa shape index (κ1) is 23.7. The summed E-state index contributed by atoms with van der Waals surface area (Å²) >= 11 is 0. The van der Waals surface area contributed by atoms with E-state index in [2.05, 4.69) is 11.1 Å². The maximum atomic E-state index is 13.1. The van der Waals surface area contributed by atoms with Crippen LogP contribution in [0.1, 0.15) is 28.8 Å². The lowest BCUT2D eigenvalue weighted by Gasteiger charge is -2.38. The van der Waals surface area contributed by atoms with Crippen LogP contribution < -0.4 is 4.90 Å². The summed E-state index contributed by atoms with van der Waals surface area (Å²) in [5.41, 5.74) is 1.74. The van der Waals surface area contributed by atoms with Crippen LogP contribution in [-0.4, -0.2) is 58.6 Å². The third-order valence-electron chi connectivity index (χ3n) is 5.65. The third-order valence-corrected chi connectivity index (χ3v) is 5.65. The first-order chi connectivity index (χ1) is 15.6. The molecule has 2 aliphatic heterocycles. The van der Waals surface area contributed by atoms with Crippen molar-refractivity contribution in [2.75, 3.05) is 24.5 Å². The predicted octanol–water partition coefficient (Wildman–Crippen LogP) is 2.76. The topological polar surface area (TPSA) is 115 Å². The van der Waals surface area contributed by atoms with E-state index in [0.717, 1.165) is 11.3 Å². The number of benzene rings is 1. The van der Waals surface area contributed by atoms with Gasteiger partial charge in [-0.05, 0) is 36.6 Å². The summed E-state index contributed by atoms with van der Waals surface area (Å²) in [5.74, 6) is -2.83. The Morgan fingerprint density at radius 2 is 1.79 bits per heavy atom. The number of aliphatic carboxylic acids is 1. The number of anilines is 1. The Morgan fingerprint density at radius 1 is 1.15 bits per heavy atom. The van der Waals surface area contributed by atoms with Gasteiger partial charge < -0.3 is 10.0 Å². The fourth-order valence-corrected chi connectivity index (χ4v) is 4.07. The predicted molar refractivity (Wildman–Crippen MR) is 109 cm³/mol. The van der Waals surface area contributed by atoms with Gasteiger partial charge in [-0.25, -0.2) is 4.79 Å². The molecular weight excluding hydrogens is 441 g/mol. The van der Waals surface area contributed by atoms with E-state index in [1.165, 1.54) is 0 Å². The van der Waals surface area contributed by atoms with Gasteiger partial charge in [0.05, 0.1) is 17.0 Å². The normalized spacial score (nSPS) is 16.5. The molecule has 1 spiro atoms. The second-order valence-corrected chi connectivity index (χ2v) is 7.49. The van der Waals surface area contributed by atoms with Crippen LogP contribution in [0.25, 0.3) is 0 Å². The van der Waals surface area contributed by atoms with Crippen molar-refractivity contribution in [3.63, 3.8) is 0 Å². The summed E-state index contributed by atoms with van der Waals surface area (Å²) in [6.07, 6.45) is -0.745. The summed E-state index contributed by atoms with van der Waals surface area (Å²) < 4.78 is 31.7. The van der Waals surface area contributed by atoms with Crippen molar-refractivity contribution in [1.29, 1.82) is 5.26 Å². The third kappa shape index (κ3) is 4.64. The summed E-state index contributed by atoms with van der Waals surface area (Å²) in [4.78, 5) is 42.0. The lowest BCUT2D eigenvalue weighted by atomic mass is 9.73. The zero-order valence-corrected chi connectivity index (χ0v) is 17.2. The van der Waals surface area contributed by atoms with Crippen molar-refractivity contribution in [2.45, 2.75) is 24.4 Å². The first-order valence-corrected chi connectivity index (χ1v) is 9.89. The molecule has 8 nitrogen and oxygen atoms in total. The largest absolute Gasteiger partial charge is 0.490 e. The van der Waals surface area contributed by atoms with Gasteiger partial charge in [0, 0.05) is 31.2 Å². The smallest absolute Gasteiger partial charge is 0.475 e. The Balaban J connectivity index is 0.000000383.